The molecule has 0 spiro atoms. The Morgan fingerprint density at radius 1 is 0.811 bits per heavy atom. The highest BCUT2D eigenvalue weighted by Gasteiger charge is 2.61. The van der Waals surface area contributed by atoms with Gasteiger partial charge < -0.3 is 40.1 Å². The van der Waals surface area contributed by atoms with Gasteiger partial charge in [-0.1, -0.05) is 157 Å². The molecule has 7 aromatic rings. The molecule has 0 bridgehead atoms. The Morgan fingerprint density at radius 2 is 1.35 bits per heavy atom. The van der Waals surface area contributed by atoms with Gasteiger partial charge in [-0.05, 0) is 68.7 Å². The number of aromatic nitrogens is 1. The number of carboxylic acid groups (broad SMARTS) is 1. The number of carbonyl (C=O) groups is 4. The molecule has 6 aromatic carbocycles. The number of nitrogens with zero attached hydrogens (tertiary/aromatic N) is 4. The zero-order valence-corrected chi connectivity index (χ0v) is 41.1. The quantitative estimate of drug-likeness (QED) is 0.0120. The molecular formula is C56H48N6O10S2. The Hall–Kier alpha value is -8.29. The monoisotopic (exact) mass is 1030 g/mol. The van der Waals surface area contributed by atoms with Crippen molar-refractivity contribution in [2.75, 3.05) is 30.8 Å². The number of amides is 2. The Kier molecular flexibility index (Phi) is 14.3. The van der Waals surface area contributed by atoms with E-state index in [1.165, 1.54) is 23.5 Å². The highest BCUT2D eigenvalue weighted by Crippen LogP contribution is 2.42. The third-order valence-corrected chi connectivity index (χ3v) is 15.6. The first-order valence-corrected chi connectivity index (χ1v) is 25.9. The SMILES string of the molecule is O=C(CO/N=C(\C(=O)NC1C(=O)N2C(C(=O)O)=C(CN3CCc4cc(O)c(O)cc4C3)C[S+]([O-])[C@@H]12)c1csc(NC(c2ccccc2)(c2ccccc2)c2ccccc2)n1)OC(c1ccccc1)c1ccccc1. The second-order valence-corrected chi connectivity index (χ2v) is 20.2. The zero-order chi connectivity index (χ0) is 51.3. The molecule has 74 heavy (non-hydrogen) atoms. The molecule has 3 aliphatic heterocycles. The van der Waals surface area contributed by atoms with Gasteiger partial charge in [0.15, 0.2) is 34.5 Å². The molecule has 10 rings (SSSR count). The Labute approximate surface area is 432 Å². The highest BCUT2D eigenvalue weighted by atomic mass is 32.2. The summed E-state index contributed by atoms with van der Waals surface area (Å²) < 4.78 is 20.0. The number of ether oxygens (including phenoxy) is 1. The molecule has 1 fully saturated rings. The standard InChI is InChI=1S/C56H48N6O10S2/c63-44-28-37-26-27-61(30-38(37)29-45(44)64)31-39-34-74(70)53-48(52(67)62(53)49(39)54(68)69)58-51(66)47(60-71-32-46(65)72-50(35-16-6-1-7-17-35)36-18-8-2-9-19-36)43-33-73-55(57-43)59-56(40-20-10-3-11-21-40,41-22-12-4-13-23-41)42-24-14-5-15-25-42/h1-25,28-29,33,48,50,53,63-64H,26-27,30-32,34H2,(H,57,59)(H,58,66)(H,68,69)/b60-47-/t48?,53-,74?/m0/s1. The summed E-state index contributed by atoms with van der Waals surface area (Å²) >= 11 is -0.705. The minimum atomic E-state index is -1.87. The van der Waals surface area contributed by atoms with Crippen molar-refractivity contribution in [3.8, 4) is 11.5 Å². The number of oxime groups is 1. The van der Waals surface area contributed by atoms with Crippen LogP contribution in [-0.2, 0) is 58.4 Å². The second-order valence-electron chi connectivity index (χ2n) is 17.8. The molecule has 2 unspecified atom stereocenters. The molecule has 3 aliphatic rings. The maximum absolute atomic E-state index is 14.6. The van der Waals surface area contributed by atoms with E-state index in [1.807, 2.05) is 157 Å². The molecule has 18 heteroatoms. The van der Waals surface area contributed by atoms with Crippen LogP contribution in [0, 0.1) is 0 Å². The van der Waals surface area contributed by atoms with Crippen LogP contribution in [0.2, 0.25) is 0 Å². The summed E-state index contributed by atoms with van der Waals surface area (Å²) in [6, 6.07) is 49.3. The number of thiazole rings is 1. The average molecular weight is 1030 g/mol. The molecule has 0 radical (unpaired) electrons. The number of hydrogen-bond acceptors (Lipinski definition) is 14. The van der Waals surface area contributed by atoms with Crippen LogP contribution in [-0.4, -0.2) is 101 Å². The summed E-state index contributed by atoms with van der Waals surface area (Å²) in [4.78, 5) is 68.5. The summed E-state index contributed by atoms with van der Waals surface area (Å²) in [5.41, 5.74) is 4.20. The largest absolute Gasteiger partial charge is 0.614 e. The fraction of sp³-hybridized carbons (Fsp3) is 0.179. The number of nitrogens with one attached hydrogen (secondary N) is 2. The smallest absolute Gasteiger partial charge is 0.352 e. The van der Waals surface area contributed by atoms with Gasteiger partial charge in [0.1, 0.15) is 22.7 Å². The number of carbonyl (C=O) groups excluding carboxylic acids is 3. The molecule has 5 N–H and O–H groups in total. The summed E-state index contributed by atoms with van der Waals surface area (Å²) in [5.74, 6) is -4.68. The minimum Gasteiger partial charge on any atom is -0.614 e. The number of aliphatic carboxylic acids is 1. The minimum absolute atomic E-state index is 0.00587. The first-order chi connectivity index (χ1) is 36.0. The predicted octanol–water partition coefficient (Wildman–Crippen LogP) is 6.82. The van der Waals surface area contributed by atoms with E-state index in [4.69, 9.17) is 14.6 Å². The van der Waals surface area contributed by atoms with Crippen molar-refractivity contribution in [3.63, 3.8) is 0 Å². The molecule has 0 saturated carbocycles. The number of esters is 1. The zero-order valence-electron chi connectivity index (χ0n) is 39.4. The Morgan fingerprint density at radius 3 is 1.91 bits per heavy atom. The van der Waals surface area contributed by atoms with Gasteiger partial charge in [0.05, 0.1) is 0 Å². The van der Waals surface area contributed by atoms with Crippen LogP contribution in [0.25, 0.3) is 0 Å². The Bertz CT molecular complexity index is 3120. The summed E-state index contributed by atoms with van der Waals surface area (Å²) in [7, 11) is 0. The van der Waals surface area contributed by atoms with E-state index in [-0.39, 0.29) is 40.8 Å². The topological polar surface area (TPSA) is 226 Å². The molecule has 1 saturated heterocycles. The molecule has 4 heterocycles. The Balaban J connectivity index is 0.939. The number of phenols is 2. The lowest BCUT2D eigenvalue weighted by molar-refractivity contribution is -0.153. The number of benzene rings is 6. The maximum Gasteiger partial charge on any atom is 0.352 e. The third kappa shape index (κ3) is 9.95. The lowest BCUT2D eigenvalue weighted by Crippen LogP contribution is -2.75. The molecule has 3 atom stereocenters. The lowest BCUT2D eigenvalue weighted by Gasteiger charge is -2.49. The highest BCUT2D eigenvalue weighted by molar-refractivity contribution is 7.92. The third-order valence-electron chi connectivity index (χ3n) is 13.2. The lowest BCUT2D eigenvalue weighted by atomic mass is 9.77. The van der Waals surface area contributed by atoms with Crippen molar-refractivity contribution < 1.29 is 48.6 Å². The van der Waals surface area contributed by atoms with Gasteiger partial charge in [0.25, 0.3) is 11.8 Å². The van der Waals surface area contributed by atoms with E-state index in [0.29, 0.717) is 35.8 Å². The molecule has 16 nitrogen and oxygen atoms in total. The van der Waals surface area contributed by atoms with E-state index in [2.05, 4.69) is 15.8 Å². The average Bonchev–Trinajstić information content (AvgIpc) is 3.90. The molecular weight excluding hydrogens is 981 g/mol. The van der Waals surface area contributed by atoms with Crippen LogP contribution < -0.4 is 10.6 Å². The van der Waals surface area contributed by atoms with Gasteiger partial charge in [-0.2, -0.15) is 0 Å². The van der Waals surface area contributed by atoms with Crippen molar-refractivity contribution in [2.45, 2.75) is 36.0 Å². The number of fused-ring (bicyclic) bond motifs is 2. The van der Waals surface area contributed by atoms with E-state index >= 15 is 0 Å². The number of carboxylic acids is 1. The molecule has 1 aromatic heterocycles. The van der Waals surface area contributed by atoms with Gasteiger partial charge in [0.2, 0.25) is 12.0 Å². The first-order valence-electron chi connectivity index (χ1n) is 23.6. The van der Waals surface area contributed by atoms with Crippen molar-refractivity contribution in [1.82, 2.24) is 20.1 Å². The summed E-state index contributed by atoms with van der Waals surface area (Å²) in [6.07, 6.45) is -0.287. The van der Waals surface area contributed by atoms with Crippen LogP contribution in [0.4, 0.5) is 5.13 Å². The van der Waals surface area contributed by atoms with Crippen molar-refractivity contribution >= 4 is 57.1 Å². The summed E-state index contributed by atoms with van der Waals surface area (Å²) in [6.45, 7) is 0.116. The van der Waals surface area contributed by atoms with Crippen LogP contribution in [0.3, 0.4) is 0 Å². The van der Waals surface area contributed by atoms with Crippen molar-refractivity contribution in [3.05, 3.63) is 225 Å². The summed E-state index contributed by atoms with van der Waals surface area (Å²) in [5, 5.41) is 41.8. The van der Waals surface area contributed by atoms with Crippen LogP contribution in [0.15, 0.2) is 186 Å². The van der Waals surface area contributed by atoms with Gasteiger partial charge in [-0.15, -0.1) is 11.3 Å². The number of rotatable bonds is 17. The second kappa shape index (κ2) is 21.4. The maximum atomic E-state index is 14.6. The van der Waals surface area contributed by atoms with Crippen molar-refractivity contribution in [1.29, 1.82) is 0 Å². The van der Waals surface area contributed by atoms with Crippen LogP contribution in [0.1, 0.15) is 50.7 Å². The van der Waals surface area contributed by atoms with Crippen LogP contribution >= 0.6 is 11.3 Å². The number of anilines is 1. The number of β-lactam (4-membered cyclic amide) rings is 1. The van der Waals surface area contributed by atoms with Crippen LogP contribution in [0.5, 0.6) is 11.5 Å². The van der Waals surface area contributed by atoms with E-state index in [1.54, 1.807) is 5.38 Å². The number of hydrogen-bond donors (Lipinski definition) is 5. The number of aromatic hydroxyl groups is 2. The normalized spacial score (nSPS) is 17.7. The van der Waals surface area contributed by atoms with E-state index in [0.717, 1.165) is 32.7 Å². The van der Waals surface area contributed by atoms with E-state index < -0.39 is 70.3 Å². The number of phenolic OH excluding ortho intramolecular Hbond substituents is 2. The van der Waals surface area contributed by atoms with Gasteiger partial charge >= 0.3 is 11.9 Å². The fourth-order valence-electron chi connectivity index (χ4n) is 9.72. The fourth-order valence-corrected chi connectivity index (χ4v) is 12.1. The predicted molar refractivity (Wildman–Crippen MR) is 277 cm³/mol. The molecule has 374 valence electrons. The molecule has 2 amide bonds. The van der Waals surface area contributed by atoms with Gasteiger partial charge in [0, 0.05) is 30.6 Å². The first kappa shape index (κ1) is 49.3. The van der Waals surface area contributed by atoms with Gasteiger partial charge in [-0.25, -0.2) is 14.6 Å². The van der Waals surface area contributed by atoms with Crippen molar-refractivity contribution in [2.24, 2.45) is 5.16 Å². The van der Waals surface area contributed by atoms with Gasteiger partial charge in [-0.3, -0.25) is 19.4 Å². The molecule has 0 aliphatic carbocycles. The van der Waals surface area contributed by atoms with E-state index in [9.17, 15) is 39.1 Å².